The van der Waals surface area contributed by atoms with Crippen LogP contribution in [0.1, 0.15) is 31.8 Å². The maximum absolute atomic E-state index is 12.9. The van der Waals surface area contributed by atoms with Crippen LogP contribution >= 0.6 is 60.2 Å². The number of hydrogen-bond donors (Lipinski definition) is 0. The first-order valence-corrected chi connectivity index (χ1v) is 16.4. The standard InChI is InChI=1S/C13H24N2O5P2S4/c1-6-8-25-22(17,18-7-2)26-10-12-9-13(15-11(3)14-12)21(16,19-23-4)20-24-5/h9H,6-8,10H2,1-5H3. The molecular weight excluding hydrogens is 454 g/mol. The smallest absolute Gasteiger partial charge is 0.314 e. The topological polar surface area (TPSA) is 87.6 Å². The van der Waals surface area contributed by atoms with Crippen LogP contribution < -0.4 is 5.44 Å². The fourth-order valence-corrected chi connectivity index (χ4v) is 11.4. The van der Waals surface area contributed by atoms with Gasteiger partial charge in [-0.25, -0.2) is 17.9 Å². The largest absolute Gasteiger partial charge is 0.401 e. The number of nitrogens with zero attached hydrogens (tertiary/aromatic N) is 2. The fourth-order valence-electron chi connectivity index (χ4n) is 1.73. The number of hydrogen-bond acceptors (Lipinski definition) is 11. The maximum atomic E-state index is 12.9. The Hall–Kier alpha value is 0.820. The van der Waals surface area contributed by atoms with Gasteiger partial charge in [0.2, 0.25) is 0 Å². The third-order valence-electron chi connectivity index (χ3n) is 2.61. The van der Waals surface area contributed by atoms with Gasteiger partial charge in [-0.1, -0.05) is 29.7 Å². The van der Waals surface area contributed by atoms with E-state index < -0.39 is 13.4 Å². The molecule has 1 aromatic rings. The van der Waals surface area contributed by atoms with E-state index in [1.807, 2.05) is 13.8 Å². The highest BCUT2D eigenvalue weighted by molar-refractivity contribution is 8.89. The molecule has 0 saturated carbocycles. The molecule has 1 aromatic heterocycles. The van der Waals surface area contributed by atoms with Gasteiger partial charge in [-0.15, -0.1) is 0 Å². The van der Waals surface area contributed by atoms with Crippen LogP contribution in [0.2, 0.25) is 0 Å². The molecule has 0 bridgehead atoms. The Balaban J connectivity index is 3.02. The fraction of sp³-hybridized carbons (Fsp3) is 0.692. The molecule has 1 unspecified atom stereocenters. The summed E-state index contributed by atoms with van der Waals surface area (Å²) in [6, 6.07) is 1.58. The molecule has 13 heteroatoms. The molecule has 0 spiro atoms. The van der Waals surface area contributed by atoms with E-state index >= 15 is 0 Å². The number of aryl methyl sites for hydroxylation is 1. The van der Waals surface area contributed by atoms with Crippen molar-refractivity contribution in [3.63, 3.8) is 0 Å². The lowest BCUT2D eigenvalue weighted by Gasteiger charge is -2.17. The van der Waals surface area contributed by atoms with Gasteiger partial charge in [0.1, 0.15) is 5.82 Å². The Bertz CT molecular complexity index is 657. The van der Waals surface area contributed by atoms with Crippen molar-refractivity contribution >= 4 is 65.7 Å². The van der Waals surface area contributed by atoms with Crippen LogP contribution in [0.25, 0.3) is 0 Å². The minimum atomic E-state index is -3.56. The van der Waals surface area contributed by atoms with Crippen LogP contribution in [0.5, 0.6) is 0 Å². The van der Waals surface area contributed by atoms with E-state index in [0.717, 1.165) is 36.3 Å². The normalized spacial score (nSPS) is 14.3. The summed E-state index contributed by atoms with van der Waals surface area (Å²) < 4.78 is 41.8. The van der Waals surface area contributed by atoms with E-state index in [2.05, 4.69) is 9.97 Å². The van der Waals surface area contributed by atoms with E-state index in [9.17, 15) is 9.13 Å². The van der Waals surface area contributed by atoms with Gasteiger partial charge >= 0.3 is 13.4 Å². The van der Waals surface area contributed by atoms with Gasteiger partial charge in [0, 0.05) is 24.0 Å². The predicted molar refractivity (Wildman–Crippen MR) is 116 cm³/mol. The summed E-state index contributed by atoms with van der Waals surface area (Å²) in [5.41, 5.74) is 0.793. The second kappa shape index (κ2) is 12.4. The van der Waals surface area contributed by atoms with E-state index in [4.69, 9.17) is 12.5 Å². The second-order valence-corrected chi connectivity index (χ2v) is 15.5. The Labute approximate surface area is 172 Å². The average molecular weight is 479 g/mol. The van der Waals surface area contributed by atoms with Crippen molar-refractivity contribution in [3.05, 3.63) is 17.6 Å². The van der Waals surface area contributed by atoms with Crippen LogP contribution in [0.15, 0.2) is 6.07 Å². The zero-order valence-electron chi connectivity index (χ0n) is 15.4. The minimum Gasteiger partial charge on any atom is -0.314 e. The zero-order chi connectivity index (χ0) is 19.6. The molecule has 0 amide bonds. The van der Waals surface area contributed by atoms with Crippen LogP contribution in [-0.2, 0) is 27.3 Å². The van der Waals surface area contributed by atoms with Gasteiger partial charge in [-0.05, 0) is 50.4 Å². The molecule has 0 radical (unpaired) electrons. The Morgan fingerprint density at radius 3 is 2.27 bits per heavy atom. The predicted octanol–water partition coefficient (Wildman–Crippen LogP) is 5.71. The summed E-state index contributed by atoms with van der Waals surface area (Å²) in [6.45, 7) is 5.94. The molecule has 0 N–H and O–H groups in total. The van der Waals surface area contributed by atoms with Crippen molar-refractivity contribution in [2.75, 3.05) is 24.9 Å². The Morgan fingerprint density at radius 1 is 1.08 bits per heavy atom. The highest BCUT2D eigenvalue weighted by Gasteiger charge is 2.32. The van der Waals surface area contributed by atoms with E-state index in [1.165, 1.54) is 22.8 Å². The molecule has 0 saturated heterocycles. The SMILES string of the molecule is CCCSP(=O)(OCC)SCc1cc(P(=O)(OSC)OSC)nc(C)n1. The zero-order valence-corrected chi connectivity index (χ0v) is 20.4. The second-order valence-electron chi connectivity index (χ2n) is 4.72. The summed E-state index contributed by atoms with van der Waals surface area (Å²) >= 11 is 4.47. The van der Waals surface area contributed by atoms with Crippen LogP contribution in [-0.4, -0.2) is 34.8 Å². The molecule has 7 nitrogen and oxygen atoms in total. The Kier molecular flexibility index (Phi) is 11.9. The lowest BCUT2D eigenvalue weighted by Crippen LogP contribution is -2.15. The third-order valence-corrected chi connectivity index (χ3v) is 13.8. The first kappa shape index (κ1) is 24.9. The highest BCUT2D eigenvalue weighted by atomic mass is 33.1. The van der Waals surface area contributed by atoms with E-state index in [0.29, 0.717) is 23.9 Å². The Morgan fingerprint density at radius 2 is 1.73 bits per heavy atom. The van der Waals surface area contributed by atoms with Gasteiger partial charge < -0.3 is 4.52 Å². The molecule has 0 aliphatic carbocycles. The number of aromatic nitrogens is 2. The van der Waals surface area contributed by atoms with Crippen LogP contribution in [0.4, 0.5) is 0 Å². The first-order valence-electron chi connectivity index (χ1n) is 7.76. The van der Waals surface area contributed by atoms with Crippen LogP contribution in [0, 0.1) is 6.92 Å². The first-order chi connectivity index (χ1) is 12.3. The molecule has 150 valence electrons. The van der Waals surface area contributed by atoms with Gasteiger partial charge in [-0.2, -0.15) is 0 Å². The van der Waals surface area contributed by atoms with Crippen molar-refractivity contribution in [3.8, 4) is 0 Å². The summed E-state index contributed by atoms with van der Waals surface area (Å²) in [5.74, 6) is -1.31. The molecular formula is C13H24N2O5P2S4. The number of rotatable bonds is 13. The van der Waals surface area contributed by atoms with Crippen molar-refractivity contribution in [1.82, 2.24) is 9.97 Å². The average Bonchev–Trinajstić information content (AvgIpc) is 2.59. The molecule has 26 heavy (non-hydrogen) atoms. The molecule has 0 fully saturated rings. The van der Waals surface area contributed by atoms with E-state index in [-0.39, 0.29) is 5.44 Å². The quantitative estimate of drug-likeness (QED) is 0.258. The van der Waals surface area contributed by atoms with Crippen molar-refractivity contribution in [1.29, 1.82) is 0 Å². The highest BCUT2D eigenvalue weighted by Crippen LogP contribution is 2.70. The van der Waals surface area contributed by atoms with Gasteiger partial charge in [-0.3, -0.25) is 9.13 Å². The molecule has 0 aliphatic heterocycles. The summed E-state index contributed by atoms with van der Waals surface area (Å²) in [7, 11) is -3.56. The summed E-state index contributed by atoms with van der Waals surface area (Å²) in [4.78, 5) is 8.56. The monoisotopic (exact) mass is 478 g/mol. The molecule has 1 heterocycles. The van der Waals surface area contributed by atoms with Crippen molar-refractivity contribution in [2.45, 2.75) is 32.9 Å². The van der Waals surface area contributed by atoms with Gasteiger partial charge in [0.15, 0.2) is 5.44 Å². The lowest BCUT2D eigenvalue weighted by atomic mass is 10.4. The molecule has 0 aliphatic rings. The van der Waals surface area contributed by atoms with Crippen molar-refractivity contribution in [2.24, 2.45) is 0 Å². The molecule has 1 atom stereocenters. The van der Waals surface area contributed by atoms with Crippen LogP contribution in [0.3, 0.4) is 0 Å². The minimum absolute atomic E-state index is 0.191. The summed E-state index contributed by atoms with van der Waals surface area (Å²) in [5, 5.41) is 0. The third kappa shape index (κ3) is 8.05. The molecule has 1 rings (SSSR count). The summed E-state index contributed by atoms with van der Waals surface area (Å²) in [6.07, 6.45) is 4.23. The van der Waals surface area contributed by atoms with Gasteiger partial charge in [0.05, 0.1) is 12.3 Å². The molecule has 0 aromatic carbocycles. The van der Waals surface area contributed by atoms with E-state index in [1.54, 1.807) is 25.5 Å². The van der Waals surface area contributed by atoms with Crippen molar-refractivity contribution < 1.29 is 21.6 Å². The van der Waals surface area contributed by atoms with Gasteiger partial charge in [0.25, 0.3) is 0 Å². The lowest BCUT2D eigenvalue weighted by molar-refractivity contribution is 0.357. The maximum Gasteiger partial charge on any atom is 0.401 e.